The Kier molecular flexibility index (Phi) is 4.52. The molecule has 5 heteroatoms. The average Bonchev–Trinajstić information content (AvgIpc) is 2.75. The molecule has 1 aromatic carbocycles. The van der Waals surface area contributed by atoms with Gasteiger partial charge < -0.3 is 14.2 Å². The van der Waals surface area contributed by atoms with E-state index in [2.05, 4.69) is 52.0 Å². The molecule has 4 nitrogen and oxygen atoms in total. The minimum absolute atomic E-state index is 0.162. The summed E-state index contributed by atoms with van der Waals surface area (Å²) in [6, 6.07) is 8.58. The van der Waals surface area contributed by atoms with Crippen LogP contribution in [0.25, 0.3) is 0 Å². The van der Waals surface area contributed by atoms with Crippen molar-refractivity contribution < 1.29 is 14.1 Å². The van der Waals surface area contributed by atoms with E-state index in [0.29, 0.717) is 0 Å². The van der Waals surface area contributed by atoms with E-state index < -0.39 is 0 Å². The Hall–Kier alpha value is -1.33. The fourth-order valence-electron chi connectivity index (χ4n) is 3.51. The zero-order valence-corrected chi connectivity index (χ0v) is 15.5. The molecule has 0 saturated carbocycles. The molecule has 0 radical (unpaired) electrons. The molecule has 2 aliphatic heterocycles. The second-order valence-corrected chi connectivity index (χ2v) is 7.98. The number of hydrogen-bond donors (Lipinski definition) is 0. The lowest BCUT2D eigenvalue weighted by molar-refractivity contribution is -0.132. The van der Waals surface area contributed by atoms with E-state index >= 15 is 0 Å². The van der Waals surface area contributed by atoms with Crippen LogP contribution in [0.1, 0.15) is 65.5 Å². The molecule has 2 fully saturated rings. The first kappa shape index (κ1) is 17.5. The molecular weight excluding hydrogens is 301 g/mol. The van der Waals surface area contributed by atoms with Gasteiger partial charge in [0.15, 0.2) is 0 Å². The van der Waals surface area contributed by atoms with Gasteiger partial charge >= 0.3 is 7.12 Å². The molecular formula is C19H28BNO3. The third-order valence-electron chi connectivity index (χ3n) is 5.75. The van der Waals surface area contributed by atoms with Crippen LogP contribution in [0.3, 0.4) is 0 Å². The number of benzene rings is 1. The predicted octanol–water partition coefficient (Wildman–Crippen LogP) is 3.06. The lowest BCUT2D eigenvalue weighted by Gasteiger charge is -2.35. The number of amides is 1. The van der Waals surface area contributed by atoms with E-state index in [1.54, 1.807) is 6.92 Å². The van der Waals surface area contributed by atoms with E-state index in [-0.39, 0.29) is 30.3 Å². The average molecular weight is 329 g/mol. The van der Waals surface area contributed by atoms with Crippen LogP contribution < -0.4 is 5.46 Å². The van der Waals surface area contributed by atoms with Crippen LogP contribution in [0.4, 0.5) is 0 Å². The first-order valence-electron chi connectivity index (χ1n) is 8.94. The van der Waals surface area contributed by atoms with Gasteiger partial charge in [0.05, 0.1) is 17.2 Å². The van der Waals surface area contributed by atoms with Crippen LogP contribution in [0.15, 0.2) is 24.3 Å². The maximum Gasteiger partial charge on any atom is 0.494 e. The van der Waals surface area contributed by atoms with Crippen molar-refractivity contribution in [2.75, 3.05) is 6.54 Å². The van der Waals surface area contributed by atoms with E-state index in [1.807, 2.05) is 4.90 Å². The van der Waals surface area contributed by atoms with E-state index in [1.165, 1.54) is 12.0 Å². The van der Waals surface area contributed by atoms with Gasteiger partial charge in [0, 0.05) is 13.5 Å². The van der Waals surface area contributed by atoms with Gasteiger partial charge in [-0.1, -0.05) is 24.3 Å². The highest BCUT2D eigenvalue weighted by atomic mass is 16.7. The summed E-state index contributed by atoms with van der Waals surface area (Å²) in [6.07, 6.45) is 3.31. The Bertz CT molecular complexity index is 596. The number of rotatable bonds is 2. The smallest absolute Gasteiger partial charge is 0.399 e. The summed E-state index contributed by atoms with van der Waals surface area (Å²) in [5.41, 5.74) is 1.57. The zero-order chi connectivity index (χ0) is 17.5. The largest absolute Gasteiger partial charge is 0.494 e. The summed E-state index contributed by atoms with van der Waals surface area (Å²) < 4.78 is 12.2. The van der Waals surface area contributed by atoms with Crippen molar-refractivity contribution in [1.29, 1.82) is 0 Å². The van der Waals surface area contributed by atoms with Gasteiger partial charge in [0.25, 0.3) is 0 Å². The standard InChI is InChI=1S/C19H28BNO3/c1-14(22)21-13-7-6-8-17(21)15-9-11-16(12-10-15)20-23-18(2,3)19(4,5)24-20/h9-12,17H,6-8,13H2,1-5H3. The van der Waals surface area contributed by atoms with Crippen molar-refractivity contribution in [1.82, 2.24) is 4.90 Å². The van der Waals surface area contributed by atoms with Crippen molar-refractivity contribution in [2.45, 2.75) is 71.1 Å². The van der Waals surface area contributed by atoms with E-state index in [4.69, 9.17) is 9.31 Å². The van der Waals surface area contributed by atoms with Crippen LogP contribution in [0.2, 0.25) is 0 Å². The molecule has 24 heavy (non-hydrogen) atoms. The summed E-state index contributed by atoms with van der Waals surface area (Å²) in [6.45, 7) is 10.8. The SMILES string of the molecule is CC(=O)N1CCCCC1c1ccc(B2OC(C)(C)C(C)(C)O2)cc1. The Labute approximate surface area is 145 Å². The van der Waals surface area contributed by atoms with Crippen LogP contribution in [-0.2, 0) is 14.1 Å². The molecule has 2 aliphatic rings. The van der Waals surface area contributed by atoms with Crippen molar-refractivity contribution >= 4 is 18.5 Å². The monoisotopic (exact) mass is 329 g/mol. The molecule has 3 rings (SSSR count). The lowest BCUT2D eigenvalue weighted by Crippen LogP contribution is -2.41. The minimum Gasteiger partial charge on any atom is -0.399 e. The van der Waals surface area contributed by atoms with Gasteiger partial charge in [-0.05, 0) is 58.0 Å². The molecule has 1 aromatic rings. The molecule has 0 spiro atoms. The maximum absolute atomic E-state index is 11.9. The van der Waals surface area contributed by atoms with Crippen LogP contribution in [0.5, 0.6) is 0 Å². The fraction of sp³-hybridized carbons (Fsp3) is 0.632. The van der Waals surface area contributed by atoms with Gasteiger partial charge in [-0.25, -0.2) is 0 Å². The minimum atomic E-state index is -0.334. The van der Waals surface area contributed by atoms with Crippen molar-refractivity contribution in [3.05, 3.63) is 29.8 Å². The van der Waals surface area contributed by atoms with Gasteiger partial charge in [-0.3, -0.25) is 4.79 Å². The molecule has 1 amide bonds. The molecule has 0 bridgehead atoms. The zero-order valence-electron chi connectivity index (χ0n) is 15.5. The maximum atomic E-state index is 11.9. The van der Waals surface area contributed by atoms with Crippen molar-refractivity contribution in [2.24, 2.45) is 0 Å². The molecule has 2 heterocycles. The van der Waals surface area contributed by atoms with Gasteiger partial charge in [0.1, 0.15) is 0 Å². The number of carbonyl (C=O) groups is 1. The molecule has 2 saturated heterocycles. The van der Waals surface area contributed by atoms with Crippen molar-refractivity contribution in [3.63, 3.8) is 0 Å². The predicted molar refractivity (Wildman–Crippen MR) is 96.1 cm³/mol. The van der Waals surface area contributed by atoms with Gasteiger partial charge in [-0.2, -0.15) is 0 Å². The normalized spacial score (nSPS) is 25.8. The van der Waals surface area contributed by atoms with Crippen LogP contribution in [-0.4, -0.2) is 35.7 Å². The summed E-state index contributed by atoms with van der Waals surface area (Å²) in [7, 11) is -0.334. The summed E-state index contributed by atoms with van der Waals surface area (Å²) in [4.78, 5) is 13.9. The first-order chi connectivity index (χ1) is 11.2. The van der Waals surface area contributed by atoms with Crippen LogP contribution >= 0.6 is 0 Å². The highest BCUT2D eigenvalue weighted by molar-refractivity contribution is 6.62. The Balaban J connectivity index is 1.78. The second-order valence-electron chi connectivity index (χ2n) is 7.98. The van der Waals surface area contributed by atoms with E-state index in [0.717, 1.165) is 24.8 Å². The molecule has 1 unspecified atom stereocenters. The number of piperidine rings is 1. The molecule has 0 aliphatic carbocycles. The highest BCUT2D eigenvalue weighted by Gasteiger charge is 2.51. The molecule has 130 valence electrons. The number of carbonyl (C=O) groups excluding carboxylic acids is 1. The summed E-state index contributed by atoms with van der Waals surface area (Å²) >= 11 is 0. The lowest BCUT2D eigenvalue weighted by atomic mass is 9.78. The topological polar surface area (TPSA) is 38.8 Å². The quantitative estimate of drug-likeness (QED) is 0.783. The van der Waals surface area contributed by atoms with Gasteiger partial charge in [0.2, 0.25) is 5.91 Å². The Morgan fingerprint density at radius 1 is 1.08 bits per heavy atom. The number of nitrogens with zero attached hydrogens (tertiary/aromatic N) is 1. The number of likely N-dealkylation sites (tertiary alicyclic amines) is 1. The summed E-state index contributed by atoms with van der Waals surface area (Å²) in [5, 5.41) is 0. The molecule has 1 atom stereocenters. The molecule has 0 aromatic heterocycles. The first-order valence-corrected chi connectivity index (χ1v) is 8.94. The highest BCUT2D eigenvalue weighted by Crippen LogP contribution is 2.36. The van der Waals surface area contributed by atoms with E-state index in [9.17, 15) is 4.79 Å². The third-order valence-corrected chi connectivity index (χ3v) is 5.75. The third kappa shape index (κ3) is 3.12. The Morgan fingerprint density at radius 2 is 1.67 bits per heavy atom. The molecule has 0 N–H and O–H groups in total. The van der Waals surface area contributed by atoms with Gasteiger partial charge in [-0.15, -0.1) is 0 Å². The van der Waals surface area contributed by atoms with Crippen LogP contribution in [0, 0.1) is 0 Å². The van der Waals surface area contributed by atoms with Crippen molar-refractivity contribution in [3.8, 4) is 0 Å². The summed E-state index contributed by atoms with van der Waals surface area (Å²) in [5.74, 6) is 0.162. The Morgan fingerprint density at radius 3 is 2.21 bits per heavy atom. The number of hydrogen-bond acceptors (Lipinski definition) is 3. The fourth-order valence-corrected chi connectivity index (χ4v) is 3.51. The second kappa shape index (κ2) is 6.19.